The highest BCUT2D eigenvalue weighted by Crippen LogP contribution is 2.13. The van der Waals surface area contributed by atoms with E-state index in [4.69, 9.17) is 5.11 Å². The number of hydrogen-bond acceptors (Lipinski definition) is 2. The van der Waals surface area contributed by atoms with E-state index in [9.17, 15) is 18.4 Å². The first-order valence-corrected chi connectivity index (χ1v) is 5.80. The van der Waals surface area contributed by atoms with Crippen molar-refractivity contribution in [1.82, 2.24) is 4.90 Å². The minimum absolute atomic E-state index is 0.00995. The van der Waals surface area contributed by atoms with Crippen molar-refractivity contribution >= 4 is 11.9 Å². The Hall–Kier alpha value is -1.98. The summed E-state index contributed by atoms with van der Waals surface area (Å²) >= 11 is 0. The molecule has 0 aliphatic heterocycles. The van der Waals surface area contributed by atoms with Crippen LogP contribution in [-0.2, 0) is 4.79 Å². The van der Waals surface area contributed by atoms with E-state index in [0.717, 1.165) is 12.1 Å². The van der Waals surface area contributed by atoms with E-state index in [1.54, 1.807) is 13.8 Å². The molecule has 4 nitrogen and oxygen atoms in total. The predicted molar refractivity (Wildman–Crippen MR) is 64.8 cm³/mol. The first kappa shape index (κ1) is 15.1. The van der Waals surface area contributed by atoms with Gasteiger partial charge in [0.2, 0.25) is 0 Å². The molecule has 6 heteroatoms. The molecule has 0 atom stereocenters. The van der Waals surface area contributed by atoms with Gasteiger partial charge in [0, 0.05) is 24.2 Å². The van der Waals surface area contributed by atoms with E-state index >= 15 is 0 Å². The maximum absolute atomic E-state index is 13.1. The molecule has 0 aromatic heterocycles. The van der Waals surface area contributed by atoms with Crippen molar-refractivity contribution in [3.63, 3.8) is 0 Å². The van der Waals surface area contributed by atoms with Gasteiger partial charge in [-0.05, 0) is 26.0 Å². The molecule has 0 bridgehead atoms. The lowest BCUT2D eigenvalue weighted by atomic mass is 10.1. The van der Waals surface area contributed by atoms with Crippen molar-refractivity contribution in [3.8, 4) is 0 Å². The quantitative estimate of drug-likeness (QED) is 0.893. The third-order valence-corrected chi connectivity index (χ3v) is 2.56. The SMILES string of the molecule is CC(C)N(CCC(=O)O)C(=O)c1cc(F)cc(F)c1. The zero-order valence-corrected chi connectivity index (χ0v) is 10.7. The average molecular weight is 271 g/mol. The Labute approximate surface area is 109 Å². The Bertz CT molecular complexity index is 469. The summed E-state index contributed by atoms with van der Waals surface area (Å²) in [5.74, 6) is -3.31. The standard InChI is InChI=1S/C13H15F2NO3/c1-8(2)16(4-3-12(17)18)13(19)9-5-10(14)7-11(15)6-9/h5-8H,3-4H2,1-2H3,(H,17,18). The van der Waals surface area contributed by atoms with Crippen LogP contribution in [0.2, 0.25) is 0 Å². The number of amides is 1. The van der Waals surface area contributed by atoms with Crippen LogP contribution in [0.3, 0.4) is 0 Å². The highest BCUT2D eigenvalue weighted by atomic mass is 19.1. The van der Waals surface area contributed by atoms with Crippen molar-refractivity contribution in [2.45, 2.75) is 26.3 Å². The van der Waals surface area contributed by atoms with Crippen molar-refractivity contribution in [2.24, 2.45) is 0 Å². The number of carboxylic acid groups (broad SMARTS) is 1. The number of carbonyl (C=O) groups is 2. The molecule has 0 radical (unpaired) electrons. The first-order valence-electron chi connectivity index (χ1n) is 5.80. The number of halogens is 2. The van der Waals surface area contributed by atoms with Gasteiger partial charge in [-0.1, -0.05) is 0 Å². The van der Waals surface area contributed by atoms with Gasteiger partial charge in [-0.15, -0.1) is 0 Å². The minimum atomic E-state index is -1.04. The molecule has 0 unspecified atom stereocenters. The number of nitrogens with zero attached hydrogens (tertiary/aromatic N) is 1. The largest absolute Gasteiger partial charge is 0.481 e. The Kier molecular flexibility index (Phi) is 4.97. The Balaban J connectivity index is 2.95. The van der Waals surface area contributed by atoms with E-state index in [1.807, 2.05) is 0 Å². The van der Waals surface area contributed by atoms with Crippen LogP contribution in [0.4, 0.5) is 8.78 Å². The molecule has 1 N–H and O–H groups in total. The third-order valence-electron chi connectivity index (χ3n) is 2.56. The molecule has 0 aliphatic carbocycles. The number of rotatable bonds is 5. The molecule has 1 amide bonds. The summed E-state index contributed by atoms with van der Waals surface area (Å²) in [4.78, 5) is 23.9. The summed E-state index contributed by atoms with van der Waals surface area (Å²) in [5, 5.41) is 8.63. The summed E-state index contributed by atoms with van der Waals surface area (Å²) in [6.07, 6.45) is -0.221. The topological polar surface area (TPSA) is 57.6 Å². The molecule has 0 fully saturated rings. The minimum Gasteiger partial charge on any atom is -0.481 e. The second-order valence-corrected chi connectivity index (χ2v) is 4.39. The summed E-state index contributed by atoms with van der Waals surface area (Å²) in [7, 11) is 0. The van der Waals surface area contributed by atoms with Crippen molar-refractivity contribution in [3.05, 3.63) is 35.4 Å². The summed E-state index contributed by atoms with van der Waals surface area (Å²) in [6.45, 7) is 3.40. The summed E-state index contributed by atoms with van der Waals surface area (Å²) < 4.78 is 26.1. The summed E-state index contributed by atoms with van der Waals surface area (Å²) in [6, 6.07) is 2.27. The molecule has 19 heavy (non-hydrogen) atoms. The second-order valence-electron chi connectivity index (χ2n) is 4.39. The number of carboxylic acids is 1. The Morgan fingerprint density at radius 3 is 2.16 bits per heavy atom. The van der Waals surface area contributed by atoms with Crippen LogP contribution < -0.4 is 0 Å². The van der Waals surface area contributed by atoms with Gasteiger partial charge in [0.1, 0.15) is 11.6 Å². The first-order chi connectivity index (χ1) is 8.81. The van der Waals surface area contributed by atoms with Gasteiger partial charge < -0.3 is 10.0 Å². The van der Waals surface area contributed by atoms with Crippen LogP contribution in [0.1, 0.15) is 30.6 Å². The molecule has 1 aromatic carbocycles. The molecule has 1 aromatic rings. The van der Waals surface area contributed by atoms with Gasteiger partial charge in [-0.3, -0.25) is 9.59 Å². The molecule has 1 rings (SSSR count). The third kappa shape index (κ3) is 4.31. The highest BCUT2D eigenvalue weighted by Gasteiger charge is 2.20. The molecular formula is C13H15F2NO3. The van der Waals surface area contributed by atoms with Gasteiger partial charge >= 0.3 is 5.97 Å². The van der Waals surface area contributed by atoms with Crippen LogP contribution in [0.25, 0.3) is 0 Å². The molecule has 0 spiro atoms. The fourth-order valence-corrected chi connectivity index (χ4v) is 1.65. The maximum atomic E-state index is 13.1. The fraction of sp³-hybridized carbons (Fsp3) is 0.385. The number of aliphatic carboxylic acids is 1. The van der Waals surface area contributed by atoms with E-state index < -0.39 is 23.5 Å². The predicted octanol–water partition coefficient (Wildman–Crippen LogP) is 2.29. The normalized spacial score (nSPS) is 10.6. The van der Waals surface area contributed by atoms with Gasteiger partial charge in [-0.25, -0.2) is 8.78 Å². The van der Waals surface area contributed by atoms with E-state index in [-0.39, 0.29) is 24.6 Å². The van der Waals surface area contributed by atoms with Crippen LogP contribution in [0.5, 0.6) is 0 Å². The lowest BCUT2D eigenvalue weighted by molar-refractivity contribution is -0.137. The van der Waals surface area contributed by atoms with Gasteiger partial charge in [0.15, 0.2) is 0 Å². The van der Waals surface area contributed by atoms with Gasteiger partial charge in [0.05, 0.1) is 6.42 Å². The Morgan fingerprint density at radius 2 is 1.74 bits per heavy atom. The van der Waals surface area contributed by atoms with Crippen LogP contribution in [-0.4, -0.2) is 34.5 Å². The zero-order valence-electron chi connectivity index (χ0n) is 10.7. The van der Waals surface area contributed by atoms with E-state index in [0.29, 0.717) is 6.07 Å². The van der Waals surface area contributed by atoms with E-state index in [1.165, 1.54) is 4.90 Å². The highest BCUT2D eigenvalue weighted by molar-refractivity contribution is 5.94. The smallest absolute Gasteiger partial charge is 0.305 e. The van der Waals surface area contributed by atoms with E-state index in [2.05, 4.69) is 0 Å². The monoisotopic (exact) mass is 271 g/mol. The van der Waals surface area contributed by atoms with Crippen LogP contribution in [0, 0.1) is 11.6 Å². The van der Waals surface area contributed by atoms with Gasteiger partial charge in [0.25, 0.3) is 5.91 Å². The molecule has 0 saturated carbocycles. The van der Waals surface area contributed by atoms with Gasteiger partial charge in [-0.2, -0.15) is 0 Å². The fourth-order valence-electron chi connectivity index (χ4n) is 1.65. The van der Waals surface area contributed by atoms with Crippen LogP contribution >= 0.6 is 0 Å². The number of carbonyl (C=O) groups excluding carboxylic acids is 1. The summed E-state index contributed by atoms with van der Waals surface area (Å²) in [5.41, 5.74) is -0.128. The maximum Gasteiger partial charge on any atom is 0.305 e. The zero-order chi connectivity index (χ0) is 14.6. The number of benzene rings is 1. The number of hydrogen-bond donors (Lipinski definition) is 1. The molecule has 0 aliphatic rings. The lowest BCUT2D eigenvalue weighted by Gasteiger charge is -2.26. The molecule has 0 heterocycles. The Morgan fingerprint density at radius 1 is 1.21 bits per heavy atom. The van der Waals surface area contributed by atoms with Crippen molar-refractivity contribution in [2.75, 3.05) is 6.54 Å². The van der Waals surface area contributed by atoms with Crippen LogP contribution in [0.15, 0.2) is 18.2 Å². The van der Waals surface area contributed by atoms with Crippen molar-refractivity contribution < 1.29 is 23.5 Å². The molecule has 104 valence electrons. The second kappa shape index (κ2) is 6.26. The van der Waals surface area contributed by atoms with Crippen molar-refractivity contribution in [1.29, 1.82) is 0 Å². The molecular weight excluding hydrogens is 256 g/mol. The lowest BCUT2D eigenvalue weighted by Crippen LogP contribution is -2.38. The average Bonchev–Trinajstić information content (AvgIpc) is 2.26. The molecule has 0 saturated heterocycles.